The summed E-state index contributed by atoms with van der Waals surface area (Å²) in [6.07, 6.45) is 0.929. The molecule has 0 radical (unpaired) electrons. The molecule has 0 spiro atoms. The first kappa shape index (κ1) is 26.2. The highest BCUT2D eigenvalue weighted by Crippen LogP contribution is 2.05. The van der Waals surface area contributed by atoms with Crippen molar-refractivity contribution in [3.63, 3.8) is 0 Å². The van der Waals surface area contributed by atoms with Crippen molar-refractivity contribution in [3.8, 4) is 0 Å². The molecule has 0 aromatic rings. The molecule has 1 aliphatic heterocycles. The molecule has 2 unspecified atom stereocenters. The van der Waals surface area contributed by atoms with Crippen molar-refractivity contribution in [2.75, 3.05) is 39.4 Å². The van der Waals surface area contributed by atoms with Crippen molar-refractivity contribution in [2.45, 2.75) is 37.8 Å². The fraction of sp³-hybridized carbons (Fsp3) is 0.929. The molecule has 5 N–H and O–H groups in total. The third kappa shape index (κ3) is 10.9. The Morgan fingerprint density at radius 3 is 2.00 bits per heavy atom. The Kier molecular flexibility index (Phi) is 11.5. The monoisotopic (exact) mass is 433 g/mol. The van der Waals surface area contributed by atoms with Gasteiger partial charge in [0.25, 0.3) is 20.2 Å². The number of amides is 1. The van der Waals surface area contributed by atoms with E-state index >= 15 is 0 Å². The van der Waals surface area contributed by atoms with E-state index < -0.39 is 24.8 Å². The zero-order valence-corrected chi connectivity index (χ0v) is 17.5. The maximum atomic E-state index is 11.7. The van der Waals surface area contributed by atoms with E-state index in [1.54, 1.807) is 0 Å². The van der Waals surface area contributed by atoms with Gasteiger partial charge in [-0.3, -0.25) is 18.8 Å². The zero-order chi connectivity index (χ0) is 21.3. The highest BCUT2D eigenvalue weighted by atomic mass is 32.3. The van der Waals surface area contributed by atoms with E-state index in [2.05, 4.69) is 10.2 Å². The van der Waals surface area contributed by atoms with Gasteiger partial charge in [0.2, 0.25) is 10.5 Å². The summed E-state index contributed by atoms with van der Waals surface area (Å²) in [5.41, 5.74) is 5.84. The van der Waals surface area contributed by atoms with Crippen LogP contribution in [0.2, 0.25) is 0 Å². The van der Waals surface area contributed by atoms with E-state index in [1.165, 1.54) is 0 Å². The molecule has 0 saturated carbocycles. The van der Waals surface area contributed by atoms with Gasteiger partial charge in [0.1, 0.15) is 0 Å². The third-order valence-electron chi connectivity index (χ3n) is 4.23. The van der Waals surface area contributed by atoms with E-state index in [9.17, 15) is 21.6 Å². The lowest BCUT2D eigenvalue weighted by Gasteiger charge is -2.27. The van der Waals surface area contributed by atoms with E-state index in [0.717, 1.165) is 39.3 Å². The first-order chi connectivity index (χ1) is 12.3. The van der Waals surface area contributed by atoms with Crippen molar-refractivity contribution in [2.24, 2.45) is 11.7 Å². The molecule has 2 atom stereocenters. The van der Waals surface area contributed by atoms with Gasteiger partial charge in [-0.2, -0.15) is 16.8 Å². The number of rotatable bonds is 8. The summed E-state index contributed by atoms with van der Waals surface area (Å²) in [7, 11) is -9.40. The number of ether oxygens (including phenoxy) is 1. The number of carbonyl (C=O) groups is 1. The quantitative estimate of drug-likeness (QED) is 0.344. The molecule has 1 heterocycles. The molecule has 0 aromatic carbocycles. The van der Waals surface area contributed by atoms with Gasteiger partial charge < -0.3 is 15.8 Å². The first-order valence-corrected chi connectivity index (χ1v) is 11.6. The van der Waals surface area contributed by atoms with Gasteiger partial charge in [-0.25, -0.2) is 0 Å². The average Bonchev–Trinajstić information content (AvgIpc) is 2.59. The molecule has 1 saturated heterocycles. The van der Waals surface area contributed by atoms with Crippen LogP contribution in [0.4, 0.5) is 0 Å². The van der Waals surface area contributed by atoms with Gasteiger partial charge in [0.05, 0.1) is 19.3 Å². The second-order valence-corrected chi connectivity index (χ2v) is 10.0. The van der Waals surface area contributed by atoms with Crippen LogP contribution in [0.5, 0.6) is 0 Å². The lowest BCUT2D eigenvalue weighted by Crippen LogP contribution is -2.47. The Morgan fingerprint density at radius 1 is 1.15 bits per heavy atom. The van der Waals surface area contributed by atoms with Crippen LogP contribution in [0.1, 0.15) is 27.2 Å². The van der Waals surface area contributed by atoms with Crippen molar-refractivity contribution < 1.29 is 35.5 Å². The van der Waals surface area contributed by atoms with Gasteiger partial charge in [-0.05, 0) is 12.8 Å². The minimum Gasteiger partial charge on any atom is -0.379 e. The molecular formula is C14H31N3O8S2. The molecule has 0 bridgehead atoms. The summed E-state index contributed by atoms with van der Waals surface area (Å²) in [5, 5.41) is 2.90. The van der Waals surface area contributed by atoms with E-state index in [1.807, 2.05) is 13.8 Å². The van der Waals surface area contributed by atoms with Crippen molar-refractivity contribution in [1.82, 2.24) is 10.2 Å². The number of nitrogens with one attached hydrogen (secondary N) is 1. The van der Waals surface area contributed by atoms with Crippen LogP contribution >= 0.6 is 0 Å². The molecule has 1 aliphatic rings. The zero-order valence-electron chi connectivity index (χ0n) is 15.9. The molecule has 0 aliphatic carbocycles. The minimum absolute atomic E-state index is 0.0346. The largest absolute Gasteiger partial charge is 0.379 e. The number of morpholine rings is 1. The molecular weight excluding hydrogens is 402 g/mol. The number of nitrogens with two attached hydrogens (primary N) is 1. The van der Waals surface area contributed by atoms with Gasteiger partial charge in [0, 0.05) is 26.2 Å². The molecule has 0 aromatic heterocycles. The lowest BCUT2D eigenvalue weighted by atomic mass is 9.99. The van der Waals surface area contributed by atoms with Gasteiger partial charge in [-0.15, -0.1) is 0 Å². The number of hydrogen-bond acceptors (Lipinski definition) is 8. The van der Waals surface area contributed by atoms with Gasteiger partial charge in [-0.1, -0.05) is 20.3 Å². The van der Waals surface area contributed by atoms with Crippen molar-refractivity contribution in [1.29, 1.82) is 0 Å². The van der Waals surface area contributed by atoms with Crippen LogP contribution in [0.25, 0.3) is 0 Å². The molecule has 13 heteroatoms. The van der Waals surface area contributed by atoms with E-state index in [0.29, 0.717) is 13.5 Å². The number of hydrogen-bond donors (Lipinski definition) is 4. The summed E-state index contributed by atoms with van der Waals surface area (Å²) in [5.74, 6) is 0.200. The van der Waals surface area contributed by atoms with Crippen LogP contribution < -0.4 is 11.1 Å². The van der Waals surface area contributed by atoms with Gasteiger partial charge in [0.15, 0.2) is 0 Å². The fourth-order valence-electron chi connectivity index (χ4n) is 1.95. The highest BCUT2D eigenvalue weighted by Gasteiger charge is 2.29. The van der Waals surface area contributed by atoms with Crippen LogP contribution in [0.15, 0.2) is 0 Å². The summed E-state index contributed by atoms with van der Waals surface area (Å²) in [6.45, 7) is 9.74. The van der Waals surface area contributed by atoms with Crippen molar-refractivity contribution >= 4 is 26.1 Å². The Balaban J connectivity index is 0.000000580. The standard InChI is InChI=1S/C12H25N3O2.C2H6O6S2/c1-3-10(2)11(13)12(16)14-4-5-15-6-8-17-9-7-15;1-2(9(3,4)5)10(6,7)8/h10-11H,3-9,13H2,1-2H3,(H,14,16);2H,1H3,(H,3,4,5)(H,6,7,8). The van der Waals surface area contributed by atoms with E-state index in [-0.39, 0.29) is 17.9 Å². The second-order valence-electron chi connectivity index (χ2n) is 6.25. The fourth-order valence-corrected chi connectivity index (χ4v) is 3.18. The van der Waals surface area contributed by atoms with Crippen LogP contribution in [0, 0.1) is 5.92 Å². The highest BCUT2D eigenvalue weighted by molar-refractivity contribution is 8.03. The predicted molar refractivity (Wildman–Crippen MR) is 100 cm³/mol. The molecule has 162 valence electrons. The number of carbonyl (C=O) groups excluding carboxylic acids is 1. The Morgan fingerprint density at radius 2 is 1.63 bits per heavy atom. The average molecular weight is 434 g/mol. The maximum Gasteiger partial charge on any atom is 0.284 e. The normalized spacial score (nSPS) is 18.3. The first-order valence-electron chi connectivity index (χ1n) is 8.56. The second kappa shape index (κ2) is 11.9. The summed E-state index contributed by atoms with van der Waals surface area (Å²) in [6, 6.07) is -0.385. The minimum atomic E-state index is -4.70. The summed E-state index contributed by atoms with van der Waals surface area (Å²) in [4.78, 5) is 14.0. The maximum absolute atomic E-state index is 11.7. The molecule has 1 fully saturated rings. The van der Waals surface area contributed by atoms with E-state index in [4.69, 9.17) is 19.6 Å². The topological polar surface area (TPSA) is 176 Å². The lowest BCUT2D eigenvalue weighted by molar-refractivity contribution is -0.123. The Hall–Kier alpha value is -0.830. The SMILES string of the molecule is CC(S(=O)(=O)O)S(=O)(=O)O.CCC(C)C(N)C(=O)NCCN1CCOCC1. The smallest absolute Gasteiger partial charge is 0.284 e. The predicted octanol–water partition coefficient (Wildman–Crippen LogP) is -1.08. The molecule has 27 heavy (non-hydrogen) atoms. The number of nitrogens with zero attached hydrogens (tertiary/aromatic N) is 1. The van der Waals surface area contributed by atoms with Crippen LogP contribution in [0.3, 0.4) is 0 Å². The Labute approximate surface area is 161 Å². The summed E-state index contributed by atoms with van der Waals surface area (Å²) >= 11 is 0. The third-order valence-corrected chi connectivity index (χ3v) is 7.37. The van der Waals surface area contributed by atoms with Crippen LogP contribution in [-0.2, 0) is 29.8 Å². The Bertz CT molecular complexity index is 615. The molecule has 1 rings (SSSR count). The van der Waals surface area contributed by atoms with Gasteiger partial charge >= 0.3 is 0 Å². The molecule has 11 nitrogen and oxygen atoms in total. The van der Waals surface area contributed by atoms with Crippen LogP contribution in [-0.4, -0.2) is 86.8 Å². The summed E-state index contributed by atoms with van der Waals surface area (Å²) < 4.78 is 59.2. The van der Waals surface area contributed by atoms with Crippen molar-refractivity contribution in [3.05, 3.63) is 0 Å². The molecule has 1 amide bonds.